The third kappa shape index (κ3) is 3.25. The zero-order chi connectivity index (χ0) is 22.5. The Bertz CT molecular complexity index is 1400. The number of aromatic nitrogens is 3. The summed E-state index contributed by atoms with van der Waals surface area (Å²) in [6, 6.07) is 21.1. The molecule has 1 N–H and O–H groups in total. The molecule has 2 aliphatic rings. The number of anilines is 1. The highest BCUT2D eigenvalue weighted by atomic mass is 35.5. The maximum Gasteiger partial charge on any atom is 0.226 e. The summed E-state index contributed by atoms with van der Waals surface area (Å²) < 4.78 is 13.8. The fourth-order valence-electron chi connectivity index (χ4n) is 4.50. The van der Waals surface area contributed by atoms with Crippen LogP contribution >= 0.6 is 23.2 Å². The normalized spacial score (nSPS) is 18.5. The standard InChI is InChI=1S/C25H18Cl2N4O2/c1-32-16-9-6-14(7-10-16)23-21-22(30-25-28-13-29-31(23)25)18-4-2-3-5-20(18)33-24(21)17-11-8-15(26)12-19(17)27/h2-13,23-24H,1H3,(H,28,29,30)/t23-,24-/m0/s1. The van der Waals surface area contributed by atoms with Gasteiger partial charge in [0.25, 0.3) is 0 Å². The topological polar surface area (TPSA) is 61.2 Å². The molecule has 0 radical (unpaired) electrons. The fourth-order valence-corrected chi connectivity index (χ4v) is 5.00. The first kappa shape index (κ1) is 20.1. The van der Waals surface area contributed by atoms with E-state index in [0.29, 0.717) is 16.0 Å². The van der Waals surface area contributed by atoms with Crippen molar-refractivity contribution in [2.45, 2.75) is 12.1 Å². The number of nitrogens with zero attached hydrogens (tertiary/aromatic N) is 3. The van der Waals surface area contributed by atoms with Crippen molar-refractivity contribution >= 4 is 34.8 Å². The van der Waals surface area contributed by atoms with E-state index in [9.17, 15) is 0 Å². The zero-order valence-corrected chi connectivity index (χ0v) is 19.0. The first-order valence-corrected chi connectivity index (χ1v) is 11.1. The molecule has 0 saturated carbocycles. The molecule has 2 atom stereocenters. The van der Waals surface area contributed by atoms with Crippen LogP contribution in [0, 0.1) is 0 Å². The molecule has 0 fully saturated rings. The van der Waals surface area contributed by atoms with E-state index >= 15 is 0 Å². The van der Waals surface area contributed by atoms with Crippen LogP contribution in [-0.2, 0) is 0 Å². The highest BCUT2D eigenvalue weighted by molar-refractivity contribution is 6.35. The molecular formula is C25H18Cl2N4O2. The van der Waals surface area contributed by atoms with E-state index in [1.807, 2.05) is 65.3 Å². The number of halogens is 2. The van der Waals surface area contributed by atoms with Crippen LogP contribution in [0.5, 0.6) is 11.5 Å². The second kappa shape index (κ2) is 7.83. The van der Waals surface area contributed by atoms with Crippen LogP contribution in [0.15, 0.2) is 78.6 Å². The first-order valence-electron chi connectivity index (χ1n) is 10.4. The second-order valence-corrected chi connectivity index (χ2v) is 8.66. The summed E-state index contributed by atoms with van der Waals surface area (Å²) in [6.45, 7) is 0. The van der Waals surface area contributed by atoms with E-state index in [2.05, 4.69) is 15.4 Å². The summed E-state index contributed by atoms with van der Waals surface area (Å²) in [5.41, 5.74) is 4.73. The van der Waals surface area contributed by atoms with Gasteiger partial charge in [0.2, 0.25) is 5.95 Å². The van der Waals surface area contributed by atoms with Gasteiger partial charge in [-0.3, -0.25) is 0 Å². The van der Waals surface area contributed by atoms with E-state index < -0.39 is 6.10 Å². The number of ether oxygens (including phenoxy) is 2. The summed E-state index contributed by atoms with van der Waals surface area (Å²) in [4.78, 5) is 4.45. The van der Waals surface area contributed by atoms with Crippen molar-refractivity contribution in [2.24, 2.45) is 0 Å². The van der Waals surface area contributed by atoms with Gasteiger partial charge in [-0.2, -0.15) is 10.1 Å². The molecule has 8 heteroatoms. The number of hydrogen-bond donors (Lipinski definition) is 1. The van der Waals surface area contributed by atoms with Gasteiger partial charge in [-0.1, -0.05) is 53.5 Å². The van der Waals surface area contributed by atoms with E-state index in [4.69, 9.17) is 32.7 Å². The molecule has 3 aromatic carbocycles. The van der Waals surface area contributed by atoms with Crippen molar-refractivity contribution in [1.82, 2.24) is 14.8 Å². The van der Waals surface area contributed by atoms with Crippen LogP contribution in [0.2, 0.25) is 10.0 Å². The summed E-state index contributed by atoms with van der Waals surface area (Å²) in [6.07, 6.45) is 1.09. The van der Waals surface area contributed by atoms with Gasteiger partial charge in [0, 0.05) is 26.7 Å². The van der Waals surface area contributed by atoms with Crippen molar-refractivity contribution < 1.29 is 9.47 Å². The Labute approximate surface area is 200 Å². The van der Waals surface area contributed by atoms with Crippen molar-refractivity contribution in [3.8, 4) is 11.5 Å². The smallest absolute Gasteiger partial charge is 0.226 e. The summed E-state index contributed by atoms with van der Waals surface area (Å²) >= 11 is 12.9. The number of methoxy groups -OCH3 is 1. The van der Waals surface area contributed by atoms with Crippen molar-refractivity contribution in [1.29, 1.82) is 0 Å². The minimum Gasteiger partial charge on any atom is -0.497 e. The van der Waals surface area contributed by atoms with Crippen molar-refractivity contribution in [3.05, 3.63) is 105 Å². The average molecular weight is 477 g/mol. The quantitative estimate of drug-likeness (QED) is 0.383. The molecule has 6 rings (SSSR count). The number of para-hydroxylation sites is 1. The predicted octanol–water partition coefficient (Wildman–Crippen LogP) is 6.15. The third-order valence-corrected chi connectivity index (χ3v) is 6.56. The Morgan fingerprint density at radius 2 is 1.85 bits per heavy atom. The minimum absolute atomic E-state index is 0.269. The fraction of sp³-hybridized carbons (Fsp3) is 0.120. The maximum atomic E-state index is 6.67. The highest BCUT2D eigenvalue weighted by Crippen LogP contribution is 2.51. The number of benzene rings is 3. The second-order valence-electron chi connectivity index (χ2n) is 7.82. The molecule has 0 amide bonds. The van der Waals surface area contributed by atoms with Crippen molar-refractivity contribution in [3.63, 3.8) is 0 Å². The van der Waals surface area contributed by atoms with Gasteiger partial charge < -0.3 is 14.8 Å². The van der Waals surface area contributed by atoms with Gasteiger partial charge in [-0.05, 0) is 42.0 Å². The summed E-state index contributed by atoms with van der Waals surface area (Å²) in [7, 11) is 1.65. The molecule has 1 aromatic heterocycles. The lowest BCUT2D eigenvalue weighted by Gasteiger charge is -2.39. The van der Waals surface area contributed by atoms with Gasteiger partial charge in [0.15, 0.2) is 6.10 Å². The Morgan fingerprint density at radius 1 is 1.03 bits per heavy atom. The Balaban J connectivity index is 1.62. The average Bonchev–Trinajstić information content (AvgIpc) is 3.31. The molecular weight excluding hydrogens is 459 g/mol. The van der Waals surface area contributed by atoms with E-state index in [-0.39, 0.29) is 6.04 Å². The summed E-state index contributed by atoms with van der Waals surface area (Å²) in [5, 5.41) is 9.13. The Morgan fingerprint density at radius 3 is 2.64 bits per heavy atom. The SMILES string of the molecule is COc1ccc([C@H]2C3=C(Nc4ncnn42)c2ccccc2O[C@H]3c2ccc(Cl)cc2Cl)cc1. The van der Waals surface area contributed by atoms with Gasteiger partial charge in [-0.25, -0.2) is 4.68 Å². The summed E-state index contributed by atoms with van der Waals surface area (Å²) in [5.74, 6) is 2.21. The van der Waals surface area contributed by atoms with E-state index in [1.165, 1.54) is 0 Å². The largest absolute Gasteiger partial charge is 0.497 e. The van der Waals surface area contributed by atoms with Gasteiger partial charge in [0.1, 0.15) is 23.9 Å². The first-order chi connectivity index (χ1) is 16.1. The predicted molar refractivity (Wildman–Crippen MR) is 128 cm³/mol. The van der Waals surface area contributed by atoms with Gasteiger partial charge >= 0.3 is 0 Å². The lowest BCUT2D eigenvalue weighted by atomic mass is 9.84. The monoisotopic (exact) mass is 476 g/mol. The van der Waals surface area contributed by atoms with Crippen LogP contribution < -0.4 is 14.8 Å². The molecule has 4 aromatic rings. The Kier molecular flexibility index (Phi) is 4.78. The Hall–Kier alpha value is -3.48. The zero-order valence-electron chi connectivity index (χ0n) is 17.5. The van der Waals surface area contributed by atoms with Crippen molar-refractivity contribution in [2.75, 3.05) is 12.4 Å². The molecule has 3 heterocycles. The molecule has 0 aliphatic carbocycles. The lowest BCUT2D eigenvalue weighted by molar-refractivity contribution is 0.223. The van der Waals surface area contributed by atoms with Crippen LogP contribution in [-0.4, -0.2) is 21.9 Å². The number of fused-ring (bicyclic) bond motifs is 3. The van der Waals surface area contributed by atoms with Crippen LogP contribution in [0.1, 0.15) is 28.8 Å². The highest BCUT2D eigenvalue weighted by Gasteiger charge is 2.41. The molecule has 2 aliphatic heterocycles. The number of rotatable bonds is 3. The third-order valence-electron chi connectivity index (χ3n) is 6.00. The number of hydrogen-bond acceptors (Lipinski definition) is 5. The van der Waals surface area contributed by atoms with E-state index in [1.54, 1.807) is 19.5 Å². The minimum atomic E-state index is -0.461. The number of nitrogens with one attached hydrogen (secondary N) is 1. The molecule has 33 heavy (non-hydrogen) atoms. The van der Waals surface area contributed by atoms with Gasteiger partial charge in [0.05, 0.1) is 12.8 Å². The van der Waals surface area contributed by atoms with Gasteiger partial charge in [-0.15, -0.1) is 0 Å². The maximum absolute atomic E-state index is 6.67. The molecule has 0 spiro atoms. The van der Waals surface area contributed by atoms with Crippen LogP contribution in [0.4, 0.5) is 5.95 Å². The molecule has 0 bridgehead atoms. The van der Waals surface area contributed by atoms with Crippen LogP contribution in [0.3, 0.4) is 0 Å². The lowest BCUT2D eigenvalue weighted by Crippen LogP contribution is -2.32. The van der Waals surface area contributed by atoms with Crippen LogP contribution in [0.25, 0.3) is 5.70 Å². The molecule has 0 saturated heterocycles. The molecule has 6 nitrogen and oxygen atoms in total. The molecule has 0 unspecified atom stereocenters. The molecule has 164 valence electrons. The van der Waals surface area contributed by atoms with E-state index in [0.717, 1.165) is 39.5 Å².